The summed E-state index contributed by atoms with van der Waals surface area (Å²) in [6.07, 6.45) is 3.05. The van der Waals surface area contributed by atoms with Crippen molar-refractivity contribution in [2.24, 2.45) is 0 Å². The van der Waals surface area contributed by atoms with Crippen LogP contribution in [0.2, 0.25) is 0 Å². The highest BCUT2D eigenvalue weighted by Gasteiger charge is 2.19. The van der Waals surface area contributed by atoms with Gasteiger partial charge in [0.25, 0.3) is 11.8 Å². The number of carbonyl (C=O) groups is 2. The fraction of sp³-hybridized carbons (Fsp3) is 0.161. The number of rotatable bonds is 10. The number of amides is 2. The third kappa shape index (κ3) is 6.37. The summed E-state index contributed by atoms with van der Waals surface area (Å²) in [6, 6.07) is 18.9. The van der Waals surface area contributed by atoms with E-state index in [9.17, 15) is 14.0 Å². The Morgan fingerprint density at radius 1 is 0.976 bits per heavy atom. The molecule has 0 atom stereocenters. The van der Waals surface area contributed by atoms with Crippen molar-refractivity contribution >= 4 is 40.2 Å². The number of hydrogen-bond acceptors (Lipinski definition) is 7. The first-order chi connectivity index (χ1) is 20.3. The number of benzene rings is 3. The first-order valence-electron chi connectivity index (χ1n) is 13.3. The van der Waals surface area contributed by atoms with Gasteiger partial charge in [0, 0.05) is 41.9 Å². The molecular weight excluding hydrogens is 537 g/mol. The Morgan fingerprint density at radius 3 is 2.55 bits per heavy atom. The molecule has 0 aliphatic carbocycles. The molecule has 5 aromatic rings. The van der Waals surface area contributed by atoms with Crippen molar-refractivity contribution in [1.82, 2.24) is 19.9 Å². The molecule has 0 saturated heterocycles. The molecule has 10 nitrogen and oxygen atoms in total. The lowest BCUT2D eigenvalue weighted by atomic mass is 10.1. The number of aromatic nitrogens is 3. The lowest BCUT2D eigenvalue weighted by Gasteiger charge is -2.13. The zero-order chi connectivity index (χ0) is 29.6. The van der Waals surface area contributed by atoms with E-state index in [2.05, 4.69) is 31.3 Å². The lowest BCUT2D eigenvalue weighted by molar-refractivity contribution is 0.0949. The number of carbonyl (C=O) groups excluding carboxylic acids is 2. The Bertz CT molecular complexity index is 1760. The number of aliphatic hydroxyl groups is 1. The van der Waals surface area contributed by atoms with Crippen molar-refractivity contribution in [1.29, 1.82) is 0 Å². The van der Waals surface area contributed by atoms with Gasteiger partial charge >= 0.3 is 0 Å². The molecule has 5 N–H and O–H groups in total. The highest BCUT2D eigenvalue weighted by atomic mass is 19.1. The molecule has 5 rings (SSSR count). The van der Waals surface area contributed by atoms with Crippen LogP contribution >= 0.6 is 0 Å². The third-order valence-electron chi connectivity index (χ3n) is 6.72. The van der Waals surface area contributed by atoms with Gasteiger partial charge < -0.3 is 26.4 Å². The fourth-order valence-corrected chi connectivity index (χ4v) is 4.55. The minimum Gasteiger partial charge on any atom is -0.395 e. The molecule has 0 bridgehead atoms. The van der Waals surface area contributed by atoms with Crippen LogP contribution in [0, 0.1) is 19.7 Å². The third-order valence-corrected chi connectivity index (χ3v) is 6.72. The molecule has 2 aromatic heterocycles. The number of fused-ring (bicyclic) bond motifs is 1. The number of hydrogen-bond donors (Lipinski definition) is 5. The molecule has 0 aliphatic rings. The van der Waals surface area contributed by atoms with Crippen LogP contribution in [-0.2, 0) is 6.54 Å². The molecule has 0 saturated carbocycles. The van der Waals surface area contributed by atoms with Crippen LogP contribution in [0.5, 0.6) is 0 Å². The lowest BCUT2D eigenvalue weighted by Crippen LogP contribution is -2.22. The van der Waals surface area contributed by atoms with Crippen LogP contribution in [0.4, 0.5) is 27.3 Å². The molecule has 11 heteroatoms. The molecule has 2 amide bonds. The zero-order valence-electron chi connectivity index (χ0n) is 23.1. The smallest absolute Gasteiger partial charge is 0.255 e. The predicted molar refractivity (Wildman–Crippen MR) is 160 cm³/mol. The molecule has 0 unspecified atom stereocenters. The van der Waals surface area contributed by atoms with Crippen LogP contribution in [0.15, 0.2) is 79.3 Å². The topological polar surface area (TPSA) is 133 Å². The predicted octanol–water partition coefficient (Wildman–Crippen LogP) is 4.82. The second-order valence-electron chi connectivity index (χ2n) is 9.73. The second-order valence-corrected chi connectivity index (χ2v) is 9.73. The standard InChI is InChI=1S/C31H30FN7O3/c1-19-8-9-22(30(41)37-25-14-23(32)13-24(15-25)33-10-11-40)12-27(19)38-29-28-20(2)26(17-39(28)36-18-35-29)31(42)34-16-21-6-4-3-5-7-21/h3-9,12-15,17-18,33,40H,10-11,16H2,1-2H3,(H,34,42)(H,37,41)(H,35,36,38). The maximum absolute atomic E-state index is 14.1. The number of anilines is 4. The summed E-state index contributed by atoms with van der Waals surface area (Å²) in [5, 5.41) is 25.1. The molecule has 42 heavy (non-hydrogen) atoms. The van der Waals surface area contributed by atoms with Crippen molar-refractivity contribution in [3.8, 4) is 0 Å². The average molecular weight is 568 g/mol. The van der Waals surface area contributed by atoms with E-state index in [1.165, 1.54) is 18.5 Å². The minimum absolute atomic E-state index is 0.110. The Morgan fingerprint density at radius 2 is 1.76 bits per heavy atom. The normalized spacial score (nSPS) is 10.9. The summed E-state index contributed by atoms with van der Waals surface area (Å²) in [7, 11) is 0. The maximum atomic E-state index is 14.1. The van der Waals surface area contributed by atoms with Crippen LogP contribution in [0.1, 0.15) is 37.4 Å². The van der Waals surface area contributed by atoms with Gasteiger partial charge in [-0.2, -0.15) is 5.10 Å². The quantitative estimate of drug-likeness (QED) is 0.164. The molecule has 0 aliphatic heterocycles. The maximum Gasteiger partial charge on any atom is 0.255 e. The van der Waals surface area contributed by atoms with Crippen LogP contribution < -0.4 is 21.3 Å². The molecule has 3 aromatic carbocycles. The minimum atomic E-state index is -0.525. The van der Waals surface area contributed by atoms with E-state index in [4.69, 9.17) is 5.11 Å². The van der Waals surface area contributed by atoms with Crippen molar-refractivity contribution in [3.05, 3.63) is 113 Å². The van der Waals surface area contributed by atoms with E-state index in [0.717, 1.165) is 11.1 Å². The Kier molecular flexibility index (Phi) is 8.39. The monoisotopic (exact) mass is 567 g/mol. The van der Waals surface area contributed by atoms with Crippen LogP contribution in [0.25, 0.3) is 5.52 Å². The Labute approximate surface area is 241 Å². The van der Waals surface area contributed by atoms with Gasteiger partial charge in [0.15, 0.2) is 5.82 Å². The number of nitrogens with one attached hydrogen (secondary N) is 4. The molecule has 0 radical (unpaired) electrons. The highest BCUT2D eigenvalue weighted by Crippen LogP contribution is 2.28. The first-order valence-corrected chi connectivity index (χ1v) is 13.3. The molecule has 0 fully saturated rings. The van der Waals surface area contributed by atoms with E-state index in [-0.39, 0.29) is 24.7 Å². The average Bonchev–Trinajstić information content (AvgIpc) is 3.33. The van der Waals surface area contributed by atoms with Crippen molar-refractivity contribution in [2.45, 2.75) is 20.4 Å². The number of aliphatic hydroxyl groups excluding tert-OH is 1. The van der Waals surface area contributed by atoms with Gasteiger partial charge in [-0.1, -0.05) is 36.4 Å². The first kappa shape index (κ1) is 28.2. The van der Waals surface area contributed by atoms with Gasteiger partial charge in [0.05, 0.1) is 12.2 Å². The van der Waals surface area contributed by atoms with Crippen molar-refractivity contribution < 1.29 is 19.1 Å². The van der Waals surface area contributed by atoms with E-state index in [1.807, 2.05) is 44.2 Å². The Hall–Kier alpha value is -5.29. The molecule has 214 valence electrons. The van der Waals surface area contributed by atoms with E-state index in [1.54, 1.807) is 35.0 Å². The number of aryl methyl sites for hydroxylation is 2. The summed E-state index contributed by atoms with van der Waals surface area (Å²) >= 11 is 0. The van der Waals surface area contributed by atoms with Crippen LogP contribution in [0.3, 0.4) is 0 Å². The van der Waals surface area contributed by atoms with Gasteiger partial charge in [-0.15, -0.1) is 0 Å². The fourth-order valence-electron chi connectivity index (χ4n) is 4.55. The SMILES string of the molecule is Cc1ccc(C(=O)Nc2cc(F)cc(NCCO)c2)cc1Nc1ncnn2cc(C(=O)NCc3ccccc3)c(C)c12. The second kappa shape index (κ2) is 12.5. The van der Waals surface area contributed by atoms with Crippen molar-refractivity contribution in [3.63, 3.8) is 0 Å². The van der Waals surface area contributed by atoms with Gasteiger partial charge in [-0.05, 0) is 60.9 Å². The van der Waals surface area contributed by atoms with E-state index >= 15 is 0 Å². The van der Waals surface area contributed by atoms with Gasteiger partial charge in [-0.25, -0.2) is 13.9 Å². The highest BCUT2D eigenvalue weighted by molar-refractivity contribution is 6.05. The number of nitrogens with zero attached hydrogens (tertiary/aromatic N) is 3. The Balaban J connectivity index is 1.36. The summed E-state index contributed by atoms with van der Waals surface area (Å²) in [4.78, 5) is 30.5. The summed E-state index contributed by atoms with van der Waals surface area (Å²) < 4.78 is 15.7. The summed E-state index contributed by atoms with van der Waals surface area (Å²) in [5.41, 5.74) is 5.33. The van der Waals surface area contributed by atoms with Crippen LogP contribution in [-0.4, -0.2) is 44.7 Å². The van der Waals surface area contributed by atoms with Gasteiger partial charge in [-0.3, -0.25) is 9.59 Å². The summed E-state index contributed by atoms with van der Waals surface area (Å²) in [5.74, 6) is -0.714. The summed E-state index contributed by atoms with van der Waals surface area (Å²) in [6.45, 7) is 4.26. The van der Waals surface area contributed by atoms with Gasteiger partial charge in [0.1, 0.15) is 17.7 Å². The van der Waals surface area contributed by atoms with Gasteiger partial charge in [0.2, 0.25) is 0 Å². The largest absolute Gasteiger partial charge is 0.395 e. The number of halogens is 1. The van der Waals surface area contributed by atoms with E-state index in [0.29, 0.717) is 45.9 Å². The van der Waals surface area contributed by atoms with E-state index < -0.39 is 11.7 Å². The zero-order valence-corrected chi connectivity index (χ0v) is 23.1. The van der Waals surface area contributed by atoms with Crippen molar-refractivity contribution in [2.75, 3.05) is 29.1 Å². The molecule has 0 spiro atoms. The molecular formula is C31H30FN7O3. The molecule has 2 heterocycles.